The summed E-state index contributed by atoms with van der Waals surface area (Å²) in [5.41, 5.74) is 2.84. The minimum Gasteiger partial charge on any atom is -0.350 e. The number of aromatic nitrogens is 2. The minimum atomic E-state index is 0.0824. The van der Waals surface area contributed by atoms with E-state index in [2.05, 4.69) is 27.1 Å². The number of hydrogen-bond acceptors (Lipinski definition) is 3. The van der Waals surface area contributed by atoms with E-state index in [9.17, 15) is 4.79 Å². The standard InChI is InChI=1S/C13H14IN2O2P/c1-10(17)11-2-4-12(5-3-11)13-8-15-16(9-13)6-7-18-19-14/h2-5,8-9,19H,6-7H2,1H3. The molecule has 6 heteroatoms. The van der Waals surface area contributed by atoms with Crippen molar-refractivity contribution in [2.45, 2.75) is 13.5 Å². The summed E-state index contributed by atoms with van der Waals surface area (Å²) in [6, 6.07) is 7.58. The number of benzene rings is 1. The van der Waals surface area contributed by atoms with E-state index in [1.54, 1.807) is 6.92 Å². The van der Waals surface area contributed by atoms with Crippen LogP contribution in [0.4, 0.5) is 0 Å². The van der Waals surface area contributed by atoms with Crippen LogP contribution < -0.4 is 0 Å². The van der Waals surface area contributed by atoms with Gasteiger partial charge in [-0.1, -0.05) is 24.3 Å². The van der Waals surface area contributed by atoms with Crippen LogP contribution in [0.25, 0.3) is 11.1 Å². The second-order valence-corrected chi connectivity index (χ2v) is 5.82. The van der Waals surface area contributed by atoms with Crippen molar-refractivity contribution < 1.29 is 9.32 Å². The lowest BCUT2D eigenvalue weighted by Crippen LogP contribution is -2.02. The lowest BCUT2D eigenvalue weighted by Gasteiger charge is -2.01. The second kappa shape index (κ2) is 7.12. The highest BCUT2D eigenvalue weighted by Crippen LogP contribution is 2.22. The molecule has 0 amide bonds. The minimum absolute atomic E-state index is 0.0824. The van der Waals surface area contributed by atoms with Crippen molar-refractivity contribution in [1.82, 2.24) is 9.78 Å². The van der Waals surface area contributed by atoms with Crippen molar-refractivity contribution in [2.75, 3.05) is 6.61 Å². The van der Waals surface area contributed by atoms with Crippen LogP contribution in [0.2, 0.25) is 0 Å². The first-order valence-corrected chi connectivity index (χ1v) is 9.84. The van der Waals surface area contributed by atoms with Gasteiger partial charge in [0.1, 0.15) is 0 Å². The van der Waals surface area contributed by atoms with Gasteiger partial charge in [-0.15, -0.1) is 0 Å². The first-order chi connectivity index (χ1) is 9.20. The fourth-order valence-corrected chi connectivity index (χ4v) is 2.54. The first kappa shape index (κ1) is 14.6. The Balaban J connectivity index is 2.07. The fraction of sp³-hybridized carbons (Fsp3) is 0.231. The van der Waals surface area contributed by atoms with E-state index in [0.29, 0.717) is 13.1 Å². The lowest BCUT2D eigenvalue weighted by molar-refractivity contribution is 0.101. The van der Waals surface area contributed by atoms with Crippen molar-refractivity contribution in [3.8, 4) is 11.1 Å². The zero-order chi connectivity index (χ0) is 13.7. The van der Waals surface area contributed by atoms with Gasteiger partial charge in [-0.05, 0) is 34.5 Å². The van der Waals surface area contributed by atoms with Gasteiger partial charge in [-0.25, -0.2) is 0 Å². The van der Waals surface area contributed by atoms with Gasteiger partial charge in [0, 0.05) is 17.3 Å². The number of carbonyl (C=O) groups excluding carboxylic acids is 1. The molecule has 1 aromatic heterocycles. The van der Waals surface area contributed by atoms with Gasteiger partial charge < -0.3 is 4.52 Å². The van der Waals surface area contributed by atoms with Gasteiger partial charge in [0.15, 0.2) is 5.78 Å². The molecule has 0 fully saturated rings. The van der Waals surface area contributed by atoms with Crippen molar-refractivity contribution in [2.24, 2.45) is 0 Å². The summed E-state index contributed by atoms with van der Waals surface area (Å²) in [5, 5.41) is 4.29. The molecule has 2 rings (SSSR count). The molecule has 0 radical (unpaired) electrons. The molecule has 0 N–H and O–H groups in total. The maximum absolute atomic E-state index is 11.2. The largest absolute Gasteiger partial charge is 0.350 e. The van der Waals surface area contributed by atoms with Crippen LogP contribution in [0, 0.1) is 0 Å². The van der Waals surface area contributed by atoms with Crippen LogP contribution in [0.1, 0.15) is 17.3 Å². The molecular weight excluding hydrogens is 374 g/mol. The van der Waals surface area contributed by atoms with Crippen molar-refractivity contribution in [1.29, 1.82) is 0 Å². The number of nitrogens with zero attached hydrogens (tertiary/aromatic N) is 2. The molecule has 0 aliphatic heterocycles. The maximum Gasteiger partial charge on any atom is 0.159 e. The molecule has 19 heavy (non-hydrogen) atoms. The van der Waals surface area contributed by atoms with Gasteiger partial charge in [0.2, 0.25) is 0 Å². The van der Waals surface area contributed by atoms with Crippen LogP contribution in [-0.4, -0.2) is 22.2 Å². The third kappa shape index (κ3) is 4.09. The molecule has 100 valence electrons. The summed E-state index contributed by atoms with van der Waals surface area (Å²) in [6.45, 7) is 3.48. The molecule has 4 nitrogen and oxygen atoms in total. The molecule has 0 aliphatic rings. The Bertz CT molecular complexity index is 554. The summed E-state index contributed by atoms with van der Waals surface area (Å²) in [7, 11) is 0. The van der Waals surface area contributed by atoms with E-state index in [-0.39, 0.29) is 5.78 Å². The van der Waals surface area contributed by atoms with Gasteiger partial charge in [-0.2, -0.15) is 5.10 Å². The Morgan fingerprint density at radius 3 is 2.74 bits per heavy atom. The zero-order valence-electron chi connectivity index (χ0n) is 10.5. The van der Waals surface area contributed by atoms with Gasteiger partial charge in [0.25, 0.3) is 0 Å². The van der Waals surface area contributed by atoms with Crippen molar-refractivity contribution >= 4 is 34.3 Å². The third-order valence-corrected chi connectivity index (χ3v) is 3.98. The average molecular weight is 388 g/mol. The molecule has 0 saturated heterocycles. The van der Waals surface area contributed by atoms with E-state index in [1.165, 1.54) is 0 Å². The highest BCUT2D eigenvalue weighted by Gasteiger charge is 2.03. The van der Waals surface area contributed by atoms with E-state index in [1.807, 2.05) is 41.3 Å². The third-order valence-electron chi connectivity index (χ3n) is 2.74. The van der Waals surface area contributed by atoms with Crippen LogP contribution in [0.5, 0.6) is 0 Å². The monoisotopic (exact) mass is 388 g/mol. The zero-order valence-corrected chi connectivity index (χ0v) is 13.6. The summed E-state index contributed by atoms with van der Waals surface area (Å²) < 4.78 is 7.18. The lowest BCUT2D eigenvalue weighted by atomic mass is 10.1. The molecule has 1 unspecified atom stereocenters. The van der Waals surface area contributed by atoms with E-state index >= 15 is 0 Å². The number of ketones is 1. The van der Waals surface area contributed by atoms with Crippen LogP contribution in [0.15, 0.2) is 36.7 Å². The van der Waals surface area contributed by atoms with Crippen LogP contribution in [-0.2, 0) is 11.1 Å². The van der Waals surface area contributed by atoms with E-state index < -0.39 is 0 Å². The molecule has 0 saturated carbocycles. The molecule has 0 bridgehead atoms. The quantitative estimate of drug-likeness (QED) is 0.328. The second-order valence-electron chi connectivity index (χ2n) is 4.05. The highest BCUT2D eigenvalue weighted by molar-refractivity contribution is 14.2. The van der Waals surface area contributed by atoms with Crippen LogP contribution >= 0.6 is 28.5 Å². The summed E-state index contributed by atoms with van der Waals surface area (Å²) in [6.07, 6.45) is 3.82. The molecular formula is C13H14IN2O2P. The predicted octanol–water partition coefficient (Wildman–Crippen LogP) is 3.71. The molecule has 0 aliphatic carbocycles. The number of Topliss-reactive ketones (excluding diaryl/α,β-unsaturated/α-hetero) is 1. The Hall–Kier alpha value is -0.780. The Kier molecular flexibility index (Phi) is 5.48. The smallest absolute Gasteiger partial charge is 0.159 e. The number of halogens is 1. The topological polar surface area (TPSA) is 44.1 Å². The summed E-state index contributed by atoms with van der Waals surface area (Å²) >= 11 is 2.20. The average Bonchev–Trinajstić information content (AvgIpc) is 2.88. The SMILES string of the molecule is CC(=O)c1ccc(-c2cnn(CCOPI)c2)cc1. The molecule has 1 heterocycles. The maximum atomic E-state index is 11.2. The van der Waals surface area contributed by atoms with E-state index in [0.717, 1.165) is 23.2 Å². The van der Waals surface area contributed by atoms with E-state index in [4.69, 9.17) is 4.52 Å². The Labute approximate surface area is 126 Å². The first-order valence-electron chi connectivity index (χ1n) is 5.82. The predicted molar refractivity (Wildman–Crippen MR) is 86.0 cm³/mol. The molecule has 0 spiro atoms. The number of hydrogen-bond donors (Lipinski definition) is 0. The highest BCUT2D eigenvalue weighted by atomic mass is 127. The summed E-state index contributed by atoms with van der Waals surface area (Å²) in [5.74, 6) is 0.0824. The number of carbonyl (C=O) groups is 1. The Morgan fingerprint density at radius 2 is 2.11 bits per heavy atom. The fourth-order valence-electron chi connectivity index (χ4n) is 1.71. The normalized spacial score (nSPS) is 11.3. The van der Waals surface area contributed by atoms with Crippen molar-refractivity contribution in [3.63, 3.8) is 0 Å². The molecule has 2 aromatic rings. The van der Waals surface area contributed by atoms with Gasteiger partial charge in [-0.3, -0.25) is 9.48 Å². The molecule has 1 aromatic carbocycles. The summed E-state index contributed by atoms with van der Waals surface area (Å²) in [4.78, 5) is 11.2. The van der Waals surface area contributed by atoms with Gasteiger partial charge >= 0.3 is 0 Å². The van der Waals surface area contributed by atoms with Gasteiger partial charge in [0.05, 0.1) is 25.8 Å². The molecule has 1 atom stereocenters. The van der Waals surface area contributed by atoms with Crippen molar-refractivity contribution in [3.05, 3.63) is 42.2 Å². The van der Waals surface area contributed by atoms with Crippen LogP contribution in [0.3, 0.4) is 0 Å². The Morgan fingerprint density at radius 1 is 1.37 bits per heavy atom. The number of rotatable bonds is 6.